The van der Waals surface area contributed by atoms with E-state index in [1.807, 2.05) is 18.7 Å². The molecule has 17 heavy (non-hydrogen) atoms. The molecule has 1 N–H and O–H groups in total. The number of aliphatic hydroxyl groups excluding tert-OH is 1. The molecule has 0 radical (unpaired) electrons. The zero-order valence-electron chi connectivity index (χ0n) is 11.0. The number of nitrogens with zero attached hydrogens (tertiary/aromatic N) is 3. The van der Waals surface area contributed by atoms with Gasteiger partial charge in [-0.3, -0.25) is 4.68 Å². The first-order valence-corrected chi connectivity index (χ1v) is 6.06. The summed E-state index contributed by atoms with van der Waals surface area (Å²) in [7, 11) is 1.92. The Morgan fingerprint density at radius 1 is 1.35 bits per heavy atom. The zero-order chi connectivity index (χ0) is 12.6. The Balaban J connectivity index is 2.32. The lowest BCUT2D eigenvalue weighted by molar-refractivity contribution is -0.00575. The summed E-state index contributed by atoms with van der Waals surface area (Å²) in [6.07, 6.45) is 0.418. The van der Waals surface area contributed by atoms with Crippen LogP contribution < -0.4 is 4.90 Å². The van der Waals surface area contributed by atoms with Gasteiger partial charge in [0.15, 0.2) is 0 Å². The van der Waals surface area contributed by atoms with Crippen LogP contribution in [0.2, 0.25) is 0 Å². The number of ether oxygens (including phenoxy) is 1. The Hall–Kier alpha value is -1.07. The molecule has 5 heteroatoms. The summed E-state index contributed by atoms with van der Waals surface area (Å²) in [6.45, 7) is 7.80. The summed E-state index contributed by atoms with van der Waals surface area (Å²) in [5, 5.41) is 13.8. The molecule has 1 aromatic heterocycles. The number of rotatable bonds is 2. The second-order valence-corrected chi connectivity index (χ2v) is 4.83. The summed E-state index contributed by atoms with van der Waals surface area (Å²) in [5.41, 5.74) is 1.82. The lowest BCUT2D eigenvalue weighted by Crippen LogP contribution is -2.46. The largest absolute Gasteiger partial charge is 0.391 e. The van der Waals surface area contributed by atoms with Crippen molar-refractivity contribution in [2.24, 2.45) is 7.05 Å². The number of hydrogen-bond donors (Lipinski definition) is 1. The lowest BCUT2D eigenvalue weighted by Gasteiger charge is -2.37. The smallest absolute Gasteiger partial charge is 0.132 e. The highest BCUT2D eigenvalue weighted by Crippen LogP contribution is 2.26. The molecular formula is C12H21N3O2. The fourth-order valence-electron chi connectivity index (χ4n) is 2.62. The van der Waals surface area contributed by atoms with Crippen LogP contribution in [0, 0.1) is 6.92 Å². The highest BCUT2D eigenvalue weighted by atomic mass is 16.5. The minimum Gasteiger partial charge on any atom is -0.391 e. The normalized spacial score (nSPS) is 25.4. The van der Waals surface area contributed by atoms with Gasteiger partial charge in [0.25, 0.3) is 0 Å². The Bertz CT molecular complexity index is 393. The average Bonchev–Trinajstić information content (AvgIpc) is 2.51. The Labute approximate surface area is 102 Å². The van der Waals surface area contributed by atoms with E-state index < -0.39 is 0 Å². The van der Waals surface area contributed by atoms with Gasteiger partial charge in [-0.1, -0.05) is 0 Å². The van der Waals surface area contributed by atoms with Gasteiger partial charge in [-0.2, -0.15) is 5.10 Å². The van der Waals surface area contributed by atoms with Crippen LogP contribution in [0.4, 0.5) is 5.82 Å². The molecule has 0 aliphatic carbocycles. The third-order valence-corrected chi connectivity index (χ3v) is 3.19. The molecule has 2 unspecified atom stereocenters. The van der Waals surface area contributed by atoms with E-state index in [4.69, 9.17) is 4.74 Å². The van der Waals surface area contributed by atoms with Crippen molar-refractivity contribution in [1.29, 1.82) is 0 Å². The molecule has 1 aromatic rings. The summed E-state index contributed by atoms with van der Waals surface area (Å²) >= 11 is 0. The third-order valence-electron chi connectivity index (χ3n) is 3.19. The minimum atomic E-state index is 0.0368. The molecule has 2 heterocycles. The van der Waals surface area contributed by atoms with Crippen LogP contribution in [0.15, 0.2) is 0 Å². The molecular weight excluding hydrogens is 218 g/mol. The number of morpholine rings is 1. The molecule has 0 spiro atoms. The molecule has 2 atom stereocenters. The molecule has 1 saturated heterocycles. The molecule has 1 aliphatic rings. The number of aliphatic hydroxyl groups is 1. The van der Waals surface area contributed by atoms with Gasteiger partial charge in [0.05, 0.1) is 24.5 Å². The fourth-order valence-corrected chi connectivity index (χ4v) is 2.62. The van der Waals surface area contributed by atoms with Crippen LogP contribution in [-0.2, 0) is 18.4 Å². The molecule has 0 bridgehead atoms. The summed E-state index contributed by atoms with van der Waals surface area (Å²) in [4.78, 5) is 2.25. The van der Waals surface area contributed by atoms with Gasteiger partial charge in [-0.25, -0.2) is 0 Å². The van der Waals surface area contributed by atoms with Crippen molar-refractivity contribution in [2.45, 2.75) is 39.6 Å². The number of aromatic nitrogens is 2. The van der Waals surface area contributed by atoms with E-state index in [0.29, 0.717) is 0 Å². The second kappa shape index (κ2) is 4.66. The van der Waals surface area contributed by atoms with Gasteiger partial charge in [-0.15, -0.1) is 0 Å². The topological polar surface area (TPSA) is 50.5 Å². The predicted octanol–water partition coefficient (Wildman–Crippen LogP) is 0.834. The van der Waals surface area contributed by atoms with Crippen molar-refractivity contribution in [3.8, 4) is 0 Å². The SMILES string of the molecule is Cc1nn(C)c(N2CC(C)OC(C)C2)c1CO. The first kappa shape index (κ1) is 12.4. The minimum absolute atomic E-state index is 0.0368. The van der Waals surface area contributed by atoms with Gasteiger partial charge < -0.3 is 14.7 Å². The molecule has 2 rings (SSSR count). The van der Waals surface area contributed by atoms with Crippen molar-refractivity contribution >= 4 is 5.82 Å². The molecule has 5 nitrogen and oxygen atoms in total. The van der Waals surface area contributed by atoms with E-state index in [1.165, 1.54) is 0 Å². The predicted molar refractivity (Wildman–Crippen MR) is 66.1 cm³/mol. The summed E-state index contributed by atoms with van der Waals surface area (Å²) in [5.74, 6) is 1.02. The van der Waals surface area contributed by atoms with Crippen LogP contribution in [0.1, 0.15) is 25.1 Å². The first-order chi connectivity index (χ1) is 8.02. The third kappa shape index (κ3) is 2.30. The molecule has 96 valence electrons. The molecule has 1 fully saturated rings. The van der Waals surface area contributed by atoms with Gasteiger partial charge in [0.1, 0.15) is 5.82 Å². The van der Waals surface area contributed by atoms with Crippen molar-refractivity contribution in [2.75, 3.05) is 18.0 Å². The van der Waals surface area contributed by atoms with Gasteiger partial charge in [0, 0.05) is 25.7 Å². The van der Waals surface area contributed by atoms with Crippen molar-refractivity contribution in [3.05, 3.63) is 11.3 Å². The van der Waals surface area contributed by atoms with Gasteiger partial charge in [-0.05, 0) is 20.8 Å². The summed E-state index contributed by atoms with van der Waals surface area (Å²) < 4.78 is 7.58. The van der Waals surface area contributed by atoms with Crippen LogP contribution in [0.3, 0.4) is 0 Å². The standard InChI is InChI=1S/C12H21N3O2/c1-8-5-15(6-9(2)17-8)12-11(7-16)10(3)13-14(12)4/h8-9,16H,5-7H2,1-4H3. The fraction of sp³-hybridized carbons (Fsp3) is 0.750. The monoisotopic (exact) mass is 239 g/mol. The van der Waals surface area contributed by atoms with Crippen LogP contribution in [0.5, 0.6) is 0 Å². The van der Waals surface area contributed by atoms with Crippen molar-refractivity contribution in [1.82, 2.24) is 9.78 Å². The first-order valence-electron chi connectivity index (χ1n) is 6.06. The highest BCUT2D eigenvalue weighted by molar-refractivity contribution is 5.50. The lowest BCUT2D eigenvalue weighted by atomic mass is 10.2. The maximum Gasteiger partial charge on any atom is 0.132 e. The average molecular weight is 239 g/mol. The van der Waals surface area contributed by atoms with E-state index in [-0.39, 0.29) is 18.8 Å². The number of hydrogen-bond acceptors (Lipinski definition) is 4. The van der Waals surface area contributed by atoms with Crippen molar-refractivity contribution in [3.63, 3.8) is 0 Å². The van der Waals surface area contributed by atoms with E-state index in [2.05, 4.69) is 23.8 Å². The molecule has 0 saturated carbocycles. The maximum absolute atomic E-state index is 9.46. The van der Waals surface area contributed by atoms with Crippen LogP contribution in [-0.4, -0.2) is 40.2 Å². The van der Waals surface area contributed by atoms with E-state index >= 15 is 0 Å². The molecule has 1 aliphatic heterocycles. The van der Waals surface area contributed by atoms with Crippen LogP contribution in [0.25, 0.3) is 0 Å². The highest BCUT2D eigenvalue weighted by Gasteiger charge is 2.27. The molecule has 0 amide bonds. The molecule has 0 aromatic carbocycles. The zero-order valence-corrected chi connectivity index (χ0v) is 11.0. The van der Waals surface area contributed by atoms with E-state index in [9.17, 15) is 5.11 Å². The Morgan fingerprint density at radius 3 is 2.47 bits per heavy atom. The maximum atomic E-state index is 9.46. The van der Waals surface area contributed by atoms with E-state index in [1.54, 1.807) is 0 Å². The Morgan fingerprint density at radius 2 is 1.94 bits per heavy atom. The Kier molecular flexibility index (Phi) is 3.40. The number of aryl methyl sites for hydroxylation is 2. The van der Waals surface area contributed by atoms with Crippen molar-refractivity contribution < 1.29 is 9.84 Å². The van der Waals surface area contributed by atoms with Crippen LogP contribution >= 0.6 is 0 Å². The second-order valence-electron chi connectivity index (χ2n) is 4.83. The summed E-state index contributed by atoms with van der Waals surface area (Å²) in [6, 6.07) is 0. The van der Waals surface area contributed by atoms with Gasteiger partial charge >= 0.3 is 0 Å². The number of anilines is 1. The quantitative estimate of drug-likeness (QED) is 0.830. The van der Waals surface area contributed by atoms with E-state index in [0.717, 1.165) is 30.2 Å². The van der Waals surface area contributed by atoms with Gasteiger partial charge in [0.2, 0.25) is 0 Å².